The Morgan fingerprint density at radius 2 is 1.64 bits per heavy atom. The fraction of sp³-hybridized carbons (Fsp3) is 0.296. The second kappa shape index (κ2) is 10.8. The molecule has 12 heteroatoms. The summed E-state index contributed by atoms with van der Waals surface area (Å²) < 4.78 is 63.3. The van der Waals surface area contributed by atoms with Gasteiger partial charge in [-0.1, -0.05) is 12.1 Å². The van der Waals surface area contributed by atoms with Crippen molar-refractivity contribution in [1.29, 1.82) is 0 Å². The number of hydrogen-bond donors (Lipinski definition) is 1. The van der Waals surface area contributed by atoms with Gasteiger partial charge in [-0.25, -0.2) is 29.1 Å². The first-order valence-corrected chi connectivity index (χ1v) is 11.8. The number of hydrogen-bond acceptors (Lipinski definition) is 8. The molecule has 8 nitrogen and oxygen atoms in total. The molecule has 2 heterocycles. The molecule has 2 aromatic carbocycles. The number of esters is 1. The number of fused-ring (bicyclic) bond motifs is 1. The molecule has 0 unspecified atom stereocenters. The first kappa shape index (κ1) is 27.7. The Labute approximate surface area is 221 Å². The zero-order valence-corrected chi connectivity index (χ0v) is 21.5. The minimum Gasteiger partial charge on any atom is -0.480 e. The molecule has 0 aliphatic rings. The van der Waals surface area contributed by atoms with Crippen LogP contribution in [-0.4, -0.2) is 38.1 Å². The zero-order valence-electron chi connectivity index (χ0n) is 21.5. The topological polar surface area (TPSA) is 99.1 Å². The number of nitrogens with one attached hydrogen (secondary N) is 1. The highest BCUT2D eigenvalue weighted by Gasteiger charge is 2.34. The Morgan fingerprint density at radius 1 is 0.974 bits per heavy atom. The summed E-state index contributed by atoms with van der Waals surface area (Å²) in [4.78, 5) is 27.8. The van der Waals surface area contributed by atoms with Crippen LogP contribution < -0.4 is 10.1 Å². The molecule has 4 rings (SSSR count). The standard InChI is InChI=1S/C27H25F4N5O3/c1-15(18-11-32-25(33-12-18)27(29,30)31)36-24-20-9-17(16-5-7-19(28)8-6-16)10-21(23(20)34-14-35-24)38-13-22(37)39-26(2,3)4/h5-12,14-15H,13H2,1-4H3,(H,34,35,36)/t15-/m1/s1. The monoisotopic (exact) mass is 543 g/mol. The van der Waals surface area contributed by atoms with E-state index in [1.165, 1.54) is 18.5 Å². The van der Waals surface area contributed by atoms with Gasteiger partial charge in [0.1, 0.15) is 34.8 Å². The number of rotatable bonds is 7. The van der Waals surface area contributed by atoms with Crippen molar-refractivity contribution in [1.82, 2.24) is 19.9 Å². The summed E-state index contributed by atoms with van der Waals surface area (Å²) in [6, 6.07) is 8.71. The van der Waals surface area contributed by atoms with Crippen LogP contribution in [0.2, 0.25) is 0 Å². The van der Waals surface area contributed by atoms with Gasteiger partial charge in [0, 0.05) is 23.3 Å². The molecule has 1 atom stereocenters. The maximum atomic E-state index is 13.6. The molecule has 39 heavy (non-hydrogen) atoms. The SMILES string of the molecule is C[C@@H](Nc1ncnc2c(OCC(=O)OC(C)(C)C)cc(-c3ccc(F)cc3)cc12)c1cnc(C(F)(F)F)nc1. The quantitative estimate of drug-likeness (QED) is 0.219. The number of carbonyl (C=O) groups excluding carboxylic acids is 1. The summed E-state index contributed by atoms with van der Waals surface area (Å²) in [5, 5.41) is 3.65. The fourth-order valence-corrected chi connectivity index (χ4v) is 3.67. The molecule has 0 bridgehead atoms. The summed E-state index contributed by atoms with van der Waals surface area (Å²) in [6.45, 7) is 6.55. The number of benzene rings is 2. The molecule has 0 saturated heterocycles. The van der Waals surface area contributed by atoms with E-state index in [0.717, 1.165) is 12.4 Å². The van der Waals surface area contributed by atoms with Gasteiger partial charge in [-0.2, -0.15) is 13.2 Å². The van der Waals surface area contributed by atoms with Gasteiger partial charge in [0.2, 0.25) is 5.82 Å². The van der Waals surface area contributed by atoms with E-state index in [1.807, 2.05) is 0 Å². The number of halogens is 4. The average Bonchev–Trinajstić information content (AvgIpc) is 2.86. The van der Waals surface area contributed by atoms with Gasteiger partial charge in [0.05, 0.1) is 6.04 Å². The molecule has 0 saturated carbocycles. The smallest absolute Gasteiger partial charge is 0.451 e. The first-order chi connectivity index (χ1) is 18.3. The first-order valence-electron chi connectivity index (χ1n) is 11.8. The summed E-state index contributed by atoms with van der Waals surface area (Å²) in [5.74, 6) is -1.61. The summed E-state index contributed by atoms with van der Waals surface area (Å²) in [6.07, 6.45) is -1.17. The van der Waals surface area contributed by atoms with Crippen molar-refractivity contribution in [3.05, 3.63) is 72.3 Å². The van der Waals surface area contributed by atoms with E-state index in [2.05, 4.69) is 25.3 Å². The molecule has 0 amide bonds. The molecule has 0 spiro atoms. The molecule has 0 radical (unpaired) electrons. The van der Waals surface area contributed by atoms with Gasteiger partial charge in [-0.3, -0.25) is 0 Å². The van der Waals surface area contributed by atoms with E-state index in [9.17, 15) is 22.4 Å². The van der Waals surface area contributed by atoms with Gasteiger partial charge in [-0.15, -0.1) is 0 Å². The van der Waals surface area contributed by atoms with E-state index in [-0.39, 0.29) is 12.4 Å². The third-order valence-electron chi connectivity index (χ3n) is 5.43. The fourth-order valence-electron chi connectivity index (χ4n) is 3.67. The van der Waals surface area contributed by atoms with Crippen molar-refractivity contribution in [3.8, 4) is 16.9 Å². The van der Waals surface area contributed by atoms with Gasteiger partial charge in [0.15, 0.2) is 6.61 Å². The van der Waals surface area contributed by atoms with Crippen molar-refractivity contribution in [3.63, 3.8) is 0 Å². The summed E-state index contributed by atoms with van der Waals surface area (Å²) >= 11 is 0. The lowest BCUT2D eigenvalue weighted by atomic mass is 10.0. The maximum absolute atomic E-state index is 13.6. The molecule has 0 fully saturated rings. The number of aromatic nitrogens is 4. The van der Waals surface area contributed by atoms with Crippen molar-refractivity contribution < 1.29 is 31.8 Å². The van der Waals surface area contributed by atoms with Crippen LogP contribution in [0.3, 0.4) is 0 Å². The van der Waals surface area contributed by atoms with Gasteiger partial charge in [-0.05, 0) is 63.1 Å². The van der Waals surface area contributed by atoms with Crippen LogP contribution in [0.15, 0.2) is 55.1 Å². The van der Waals surface area contributed by atoms with Crippen molar-refractivity contribution >= 4 is 22.7 Å². The number of nitrogens with zero attached hydrogens (tertiary/aromatic N) is 4. The van der Waals surface area contributed by atoms with Crippen LogP contribution in [0.1, 0.15) is 45.1 Å². The highest BCUT2D eigenvalue weighted by atomic mass is 19.4. The molecule has 0 aliphatic carbocycles. The molecular weight excluding hydrogens is 518 g/mol. The Balaban J connectivity index is 1.71. The molecule has 0 aliphatic heterocycles. The van der Waals surface area contributed by atoms with Crippen molar-refractivity contribution in [2.75, 3.05) is 11.9 Å². The van der Waals surface area contributed by atoms with Gasteiger partial charge in [0.25, 0.3) is 0 Å². The van der Waals surface area contributed by atoms with Crippen LogP contribution in [0.25, 0.3) is 22.0 Å². The summed E-state index contributed by atoms with van der Waals surface area (Å²) in [7, 11) is 0. The normalized spacial score (nSPS) is 12.7. The highest BCUT2D eigenvalue weighted by molar-refractivity contribution is 5.96. The largest absolute Gasteiger partial charge is 0.480 e. The molecule has 2 aromatic heterocycles. The Bertz CT molecular complexity index is 1470. The number of anilines is 1. The minimum absolute atomic E-state index is 0.258. The van der Waals surface area contributed by atoms with Crippen LogP contribution >= 0.6 is 0 Å². The van der Waals surface area contributed by atoms with Crippen LogP contribution in [-0.2, 0) is 15.7 Å². The molecule has 204 valence electrons. The molecule has 1 N–H and O–H groups in total. The lowest BCUT2D eigenvalue weighted by molar-refractivity contribution is -0.157. The summed E-state index contributed by atoms with van der Waals surface area (Å²) in [5.41, 5.74) is 1.36. The highest BCUT2D eigenvalue weighted by Crippen LogP contribution is 2.35. The second-order valence-corrected chi connectivity index (χ2v) is 9.68. The minimum atomic E-state index is -4.65. The average molecular weight is 544 g/mol. The van der Waals surface area contributed by atoms with Gasteiger partial charge >= 0.3 is 12.1 Å². The van der Waals surface area contributed by atoms with Crippen molar-refractivity contribution in [2.24, 2.45) is 0 Å². The lowest BCUT2D eigenvalue weighted by Gasteiger charge is -2.20. The number of ether oxygens (including phenoxy) is 2. The van der Waals surface area contributed by atoms with Crippen LogP contribution in [0, 0.1) is 5.82 Å². The van der Waals surface area contributed by atoms with Crippen LogP contribution in [0.5, 0.6) is 5.75 Å². The Kier molecular flexibility index (Phi) is 7.66. The maximum Gasteiger partial charge on any atom is 0.451 e. The predicted molar refractivity (Wildman–Crippen MR) is 135 cm³/mol. The van der Waals surface area contributed by atoms with E-state index in [0.29, 0.717) is 33.4 Å². The van der Waals surface area contributed by atoms with Crippen LogP contribution in [0.4, 0.5) is 23.4 Å². The van der Waals surface area contributed by atoms with Crippen molar-refractivity contribution in [2.45, 2.75) is 45.5 Å². The lowest BCUT2D eigenvalue weighted by Crippen LogP contribution is -2.27. The van der Waals surface area contributed by atoms with Gasteiger partial charge < -0.3 is 14.8 Å². The van der Waals surface area contributed by atoms with E-state index >= 15 is 0 Å². The Hall–Kier alpha value is -4.35. The third-order valence-corrected chi connectivity index (χ3v) is 5.43. The zero-order chi connectivity index (χ0) is 28.4. The second-order valence-electron chi connectivity index (χ2n) is 9.68. The Morgan fingerprint density at radius 3 is 2.26 bits per heavy atom. The molecular formula is C27H25F4N5O3. The van der Waals surface area contributed by atoms with E-state index in [4.69, 9.17) is 9.47 Å². The third kappa shape index (κ3) is 6.95. The number of carbonyl (C=O) groups is 1. The molecule has 4 aromatic rings. The predicted octanol–water partition coefficient (Wildman–Crippen LogP) is 6.14. The number of alkyl halides is 3. The van der Waals surface area contributed by atoms with E-state index in [1.54, 1.807) is 52.0 Å². The van der Waals surface area contributed by atoms with E-state index < -0.39 is 35.4 Å².